The fraction of sp³-hybridized carbons (Fsp3) is 0.111. The van der Waals surface area contributed by atoms with E-state index in [1.54, 1.807) is 11.3 Å². The van der Waals surface area contributed by atoms with E-state index in [-0.39, 0.29) is 5.91 Å². The molecule has 0 aliphatic rings. The van der Waals surface area contributed by atoms with Crippen LogP contribution in [0.25, 0.3) is 20.8 Å². The Morgan fingerprint density at radius 2 is 1.88 bits per heavy atom. The third kappa shape index (κ3) is 3.92. The van der Waals surface area contributed by atoms with Gasteiger partial charge in [-0.2, -0.15) is 0 Å². The first-order chi connectivity index (χ1) is 12.7. The van der Waals surface area contributed by atoms with Crippen LogP contribution in [0.15, 0.2) is 52.9 Å². The highest BCUT2D eigenvalue weighted by Crippen LogP contribution is 2.30. The summed E-state index contributed by atoms with van der Waals surface area (Å²) in [6.45, 7) is 1.90. The molecule has 0 radical (unpaired) electrons. The average Bonchev–Trinajstić information content (AvgIpc) is 3.26. The monoisotopic (exact) mass is 398 g/mol. The molecule has 0 saturated heterocycles. The lowest BCUT2D eigenvalue weighted by molar-refractivity contribution is -0.113. The van der Waals surface area contributed by atoms with E-state index >= 15 is 0 Å². The third-order valence-electron chi connectivity index (χ3n) is 3.54. The van der Waals surface area contributed by atoms with Gasteiger partial charge >= 0.3 is 0 Å². The second-order valence-corrected chi connectivity index (χ2v) is 8.92. The molecule has 130 valence electrons. The number of para-hydroxylation sites is 1. The molecule has 0 atom stereocenters. The molecule has 0 saturated carbocycles. The molecular weight excluding hydrogens is 384 g/mol. The van der Waals surface area contributed by atoms with E-state index in [1.165, 1.54) is 27.8 Å². The molecule has 0 bridgehead atoms. The maximum atomic E-state index is 12.1. The Morgan fingerprint density at radius 3 is 2.62 bits per heavy atom. The first-order valence-electron chi connectivity index (χ1n) is 7.86. The molecule has 2 aromatic heterocycles. The Balaban J connectivity index is 1.40. The first kappa shape index (κ1) is 17.1. The van der Waals surface area contributed by atoms with E-state index in [4.69, 9.17) is 0 Å². The smallest absolute Gasteiger partial charge is 0.234 e. The highest BCUT2D eigenvalue weighted by molar-refractivity contribution is 8.01. The highest BCUT2D eigenvalue weighted by atomic mass is 32.2. The summed E-state index contributed by atoms with van der Waals surface area (Å²) in [6.07, 6.45) is 0. The standard InChI is InChI=1S/C18H14N4OS3/c1-11-21-22-18(25-11)24-10-16(23)19-13-8-6-12(7-9-13)17-20-14-4-2-3-5-15(14)26-17/h2-9H,10H2,1H3,(H,19,23). The number of thioether (sulfide) groups is 1. The number of hydrogen-bond donors (Lipinski definition) is 1. The summed E-state index contributed by atoms with van der Waals surface area (Å²) < 4.78 is 1.98. The van der Waals surface area contributed by atoms with Crippen molar-refractivity contribution in [2.45, 2.75) is 11.3 Å². The lowest BCUT2D eigenvalue weighted by atomic mass is 10.2. The van der Waals surface area contributed by atoms with Crippen LogP contribution >= 0.6 is 34.4 Å². The summed E-state index contributed by atoms with van der Waals surface area (Å²) in [4.78, 5) is 16.7. The molecule has 1 amide bonds. The second kappa shape index (κ2) is 7.53. The van der Waals surface area contributed by atoms with Gasteiger partial charge in [0, 0.05) is 11.3 Å². The van der Waals surface area contributed by atoms with E-state index in [1.807, 2.05) is 49.4 Å². The van der Waals surface area contributed by atoms with E-state index in [2.05, 4.69) is 26.6 Å². The zero-order valence-corrected chi connectivity index (χ0v) is 16.3. The predicted octanol–water partition coefficient (Wildman–Crippen LogP) is 4.85. The second-order valence-electron chi connectivity index (χ2n) is 5.49. The number of nitrogens with one attached hydrogen (secondary N) is 1. The van der Waals surface area contributed by atoms with Crippen molar-refractivity contribution in [1.29, 1.82) is 0 Å². The van der Waals surface area contributed by atoms with Crippen LogP contribution in [-0.4, -0.2) is 26.8 Å². The van der Waals surface area contributed by atoms with Crippen molar-refractivity contribution in [3.8, 4) is 10.6 Å². The van der Waals surface area contributed by atoms with Gasteiger partial charge < -0.3 is 5.32 Å². The van der Waals surface area contributed by atoms with E-state index < -0.39 is 0 Å². The minimum absolute atomic E-state index is 0.0596. The zero-order valence-electron chi connectivity index (χ0n) is 13.8. The van der Waals surface area contributed by atoms with Crippen LogP contribution in [-0.2, 0) is 4.79 Å². The summed E-state index contributed by atoms with van der Waals surface area (Å²) >= 11 is 4.55. The van der Waals surface area contributed by atoms with Crippen LogP contribution in [0.5, 0.6) is 0 Å². The molecule has 8 heteroatoms. The van der Waals surface area contributed by atoms with Crippen LogP contribution in [0, 0.1) is 6.92 Å². The number of aromatic nitrogens is 3. The summed E-state index contributed by atoms with van der Waals surface area (Å²) in [5.74, 6) is 0.254. The van der Waals surface area contributed by atoms with Gasteiger partial charge in [-0.3, -0.25) is 4.79 Å². The molecular formula is C18H14N4OS3. The van der Waals surface area contributed by atoms with Crippen molar-refractivity contribution < 1.29 is 4.79 Å². The molecule has 2 heterocycles. The van der Waals surface area contributed by atoms with Gasteiger partial charge in [-0.15, -0.1) is 21.5 Å². The topological polar surface area (TPSA) is 67.8 Å². The van der Waals surface area contributed by atoms with Crippen LogP contribution in [0.3, 0.4) is 0 Å². The number of fused-ring (bicyclic) bond motifs is 1. The Kier molecular flexibility index (Phi) is 4.96. The van der Waals surface area contributed by atoms with Crippen LogP contribution in [0.4, 0.5) is 5.69 Å². The molecule has 2 aromatic carbocycles. The van der Waals surface area contributed by atoms with Gasteiger partial charge in [0.2, 0.25) is 5.91 Å². The maximum Gasteiger partial charge on any atom is 0.234 e. The van der Waals surface area contributed by atoms with Crippen molar-refractivity contribution in [1.82, 2.24) is 15.2 Å². The lowest BCUT2D eigenvalue weighted by Crippen LogP contribution is -2.13. The molecule has 5 nitrogen and oxygen atoms in total. The Labute approximate surface area is 162 Å². The van der Waals surface area contributed by atoms with E-state index in [0.29, 0.717) is 5.75 Å². The molecule has 26 heavy (non-hydrogen) atoms. The summed E-state index contributed by atoms with van der Waals surface area (Å²) in [7, 11) is 0. The SMILES string of the molecule is Cc1nnc(SCC(=O)Nc2ccc(-c3nc4ccccc4s3)cc2)s1. The van der Waals surface area contributed by atoms with Gasteiger partial charge in [-0.05, 0) is 43.3 Å². The van der Waals surface area contributed by atoms with E-state index in [9.17, 15) is 4.79 Å². The summed E-state index contributed by atoms with van der Waals surface area (Å²) in [5, 5.41) is 12.7. The van der Waals surface area contributed by atoms with Crippen LogP contribution < -0.4 is 5.32 Å². The maximum absolute atomic E-state index is 12.1. The number of aryl methyl sites for hydroxylation is 1. The molecule has 0 aliphatic carbocycles. The van der Waals surface area contributed by atoms with Gasteiger partial charge in [0.1, 0.15) is 10.0 Å². The van der Waals surface area contributed by atoms with Crippen molar-refractivity contribution in [2.24, 2.45) is 0 Å². The van der Waals surface area contributed by atoms with Crippen molar-refractivity contribution in [3.63, 3.8) is 0 Å². The molecule has 0 fully saturated rings. The number of amides is 1. The highest BCUT2D eigenvalue weighted by Gasteiger charge is 2.09. The zero-order chi connectivity index (χ0) is 17.9. The number of carbonyl (C=O) groups is 1. The number of carbonyl (C=O) groups excluding carboxylic acids is 1. The average molecular weight is 399 g/mol. The number of benzene rings is 2. The van der Waals surface area contributed by atoms with Gasteiger partial charge in [0.05, 0.1) is 16.0 Å². The van der Waals surface area contributed by atoms with Crippen LogP contribution in [0.1, 0.15) is 5.01 Å². The minimum atomic E-state index is -0.0596. The van der Waals surface area contributed by atoms with E-state index in [0.717, 1.165) is 31.1 Å². The number of rotatable bonds is 5. The Hall–Kier alpha value is -2.29. The number of nitrogens with zero attached hydrogens (tertiary/aromatic N) is 3. The lowest BCUT2D eigenvalue weighted by Gasteiger charge is -2.05. The minimum Gasteiger partial charge on any atom is -0.325 e. The third-order valence-corrected chi connectivity index (χ3v) is 6.60. The number of anilines is 1. The predicted molar refractivity (Wildman–Crippen MR) is 109 cm³/mol. The van der Waals surface area contributed by atoms with Crippen molar-refractivity contribution >= 4 is 56.2 Å². The normalized spacial score (nSPS) is 11.0. The van der Waals surface area contributed by atoms with Gasteiger partial charge in [-0.1, -0.05) is 35.2 Å². The first-order valence-corrected chi connectivity index (χ1v) is 10.5. The molecule has 4 rings (SSSR count). The fourth-order valence-corrected chi connectivity index (χ4v) is 4.94. The molecule has 1 N–H and O–H groups in total. The quantitative estimate of drug-likeness (QED) is 0.487. The summed E-state index contributed by atoms with van der Waals surface area (Å²) in [6, 6.07) is 15.9. The molecule has 0 spiro atoms. The molecule has 0 unspecified atom stereocenters. The van der Waals surface area contributed by atoms with Gasteiger partial charge in [0.25, 0.3) is 0 Å². The number of thiazole rings is 1. The van der Waals surface area contributed by atoms with Crippen molar-refractivity contribution in [2.75, 3.05) is 11.1 Å². The Bertz CT molecular complexity index is 1020. The van der Waals surface area contributed by atoms with Crippen LogP contribution in [0.2, 0.25) is 0 Å². The van der Waals surface area contributed by atoms with Gasteiger partial charge in [-0.25, -0.2) is 4.98 Å². The Morgan fingerprint density at radius 1 is 1.08 bits per heavy atom. The fourth-order valence-electron chi connectivity index (χ4n) is 2.35. The van der Waals surface area contributed by atoms with Crippen molar-refractivity contribution in [3.05, 3.63) is 53.5 Å². The van der Waals surface area contributed by atoms with Gasteiger partial charge in [0.15, 0.2) is 4.34 Å². The molecule has 0 aliphatic heterocycles. The summed E-state index contributed by atoms with van der Waals surface area (Å²) in [5.41, 5.74) is 2.82. The number of hydrogen-bond acceptors (Lipinski definition) is 7. The largest absolute Gasteiger partial charge is 0.325 e. The molecule has 4 aromatic rings.